The van der Waals surface area contributed by atoms with Gasteiger partial charge in [-0.1, -0.05) is 19.3 Å². The molecular formula is C13H22N2O. The van der Waals surface area contributed by atoms with Gasteiger partial charge in [0, 0.05) is 19.2 Å². The molecule has 0 radical (unpaired) electrons. The number of methoxy groups -OCH3 is 1. The van der Waals surface area contributed by atoms with Crippen LogP contribution in [-0.2, 0) is 4.74 Å². The highest BCUT2D eigenvalue weighted by Gasteiger charge is 2.33. The van der Waals surface area contributed by atoms with Gasteiger partial charge in [-0.2, -0.15) is 5.26 Å². The molecule has 2 atom stereocenters. The predicted octanol–water partition coefficient (Wildman–Crippen LogP) is 2.23. The number of nitrogens with one attached hydrogen (secondary N) is 1. The number of nitriles is 1. The van der Waals surface area contributed by atoms with Crippen LogP contribution in [-0.4, -0.2) is 25.3 Å². The van der Waals surface area contributed by atoms with Crippen molar-refractivity contribution < 1.29 is 4.74 Å². The Morgan fingerprint density at radius 1 is 1.19 bits per heavy atom. The minimum atomic E-state index is 0.226. The summed E-state index contributed by atoms with van der Waals surface area (Å²) in [6.45, 7) is 0. The second-order valence-corrected chi connectivity index (χ2v) is 5.17. The molecule has 3 nitrogen and oxygen atoms in total. The number of nitrogens with zero attached hydrogens (tertiary/aromatic N) is 1. The zero-order valence-corrected chi connectivity index (χ0v) is 10.1. The third-order valence-electron chi connectivity index (χ3n) is 4.06. The second kappa shape index (κ2) is 5.65. The maximum atomic E-state index is 9.17. The summed E-state index contributed by atoms with van der Waals surface area (Å²) in [6, 6.07) is 3.49. The first-order chi connectivity index (χ1) is 7.83. The van der Waals surface area contributed by atoms with E-state index in [1.165, 1.54) is 25.7 Å². The van der Waals surface area contributed by atoms with E-state index < -0.39 is 0 Å². The third kappa shape index (κ3) is 2.75. The molecule has 2 saturated carbocycles. The molecule has 16 heavy (non-hydrogen) atoms. The summed E-state index contributed by atoms with van der Waals surface area (Å²) < 4.78 is 5.28. The highest BCUT2D eigenvalue weighted by molar-refractivity contribution is 4.97. The zero-order valence-electron chi connectivity index (χ0n) is 10.1. The molecule has 0 aromatic carbocycles. The second-order valence-electron chi connectivity index (χ2n) is 5.17. The van der Waals surface area contributed by atoms with Gasteiger partial charge in [0.05, 0.1) is 18.1 Å². The Kier molecular flexibility index (Phi) is 4.20. The summed E-state index contributed by atoms with van der Waals surface area (Å²) in [5, 5.41) is 12.8. The smallest absolute Gasteiger partial charge is 0.0672 e. The van der Waals surface area contributed by atoms with Crippen LogP contribution in [0.25, 0.3) is 0 Å². The van der Waals surface area contributed by atoms with Gasteiger partial charge in [0.15, 0.2) is 0 Å². The lowest BCUT2D eigenvalue weighted by Gasteiger charge is -2.38. The molecule has 0 amide bonds. The number of rotatable bonds is 3. The summed E-state index contributed by atoms with van der Waals surface area (Å²) >= 11 is 0. The minimum absolute atomic E-state index is 0.226. The van der Waals surface area contributed by atoms with Gasteiger partial charge in [0.25, 0.3) is 0 Å². The van der Waals surface area contributed by atoms with Crippen molar-refractivity contribution in [1.82, 2.24) is 5.32 Å². The molecule has 0 aromatic rings. The summed E-state index contributed by atoms with van der Waals surface area (Å²) in [7, 11) is 1.78. The van der Waals surface area contributed by atoms with Crippen LogP contribution in [0, 0.1) is 17.2 Å². The number of hydrogen-bond acceptors (Lipinski definition) is 3. The standard InChI is InChI=1S/C13H22N2O/c1-16-12-7-11(8-12)15-13-6-4-2-3-5-10(13)9-14/h10-13,15H,2-8H2,1H3. The maximum Gasteiger partial charge on any atom is 0.0672 e. The molecule has 0 aromatic heterocycles. The molecule has 90 valence electrons. The van der Waals surface area contributed by atoms with E-state index in [9.17, 15) is 5.26 Å². The summed E-state index contributed by atoms with van der Waals surface area (Å²) in [4.78, 5) is 0. The van der Waals surface area contributed by atoms with Gasteiger partial charge in [-0.15, -0.1) is 0 Å². The molecule has 1 N–H and O–H groups in total. The average Bonchev–Trinajstić information content (AvgIpc) is 2.47. The first-order valence-corrected chi connectivity index (χ1v) is 6.52. The van der Waals surface area contributed by atoms with Crippen LogP contribution in [0.2, 0.25) is 0 Å². The third-order valence-corrected chi connectivity index (χ3v) is 4.06. The maximum absolute atomic E-state index is 9.17. The number of ether oxygens (including phenoxy) is 1. The van der Waals surface area contributed by atoms with E-state index in [4.69, 9.17) is 4.74 Å². The topological polar surface area (TPSA) is 45.0 Å². The molecule has 2 aliphatic carbocycles. The average molecular weight is 222 g/mol. The lowest BCUT2D eigenvalue weighted by Crippen LogP contribution is -2.50. The van der Waals surface area contributed by atoms with E-state index >= 15 is 0 Å². The fourth-order valence-corrected chi connectivity index (χ4v) is 2.86. The molecule has 2 aliphatic rings. The molecule has 0 heterocycles. The van der Waals surface area contributed by atoms with E-state index in [2.05, 4.69) is 11.4 Å². The molecule has 2 rings (SSSR count). The molecular weight excluding hydrogens is 200 g/mol. The van der Waals surface area contributed by atoms with Crippen molar-refractivity contribution in [3.05, 3.63) is 0 Å². The van der Waals surface area contributed by atoms with Gasteiger partial charge in [-0.05, 0) is 25.7 Å². The summed E-state index contributed by atoms with van der Waals surface area (Å²) in [5.74, 6) is 0.226. The van der Waals surface area contributed by atoms with E-state index in [1.54, 1.807) is 7.11 Å². The van der Waals surface area contributed by atoms with Crippen molar-refractivity contribution in [2.75, 3.05) is 7.11 Å². The van der Waals surface area contributed by atoms with Crippen LogP contribution in [0.4, 0.5) is 0 Å². The summed E-state index contributed by atoms with van der Waals surface area (Å²) in [6.07, 6.45) is 8.72. The summed E-state index contributed by atoms with van der Waals surface area (Å²) in [5.41, 5.74) is 0. The monoisotopic (exact) mass is 222 g/mol. The van der Waals surface area contributed by atoms with E-state index in [-0.39, 0.29) is 5.92 Å². The normalized spacial score (nSPS) is 39.5. The first kappa shape index (κ1) is 11.9. The van der Waals surface area contributed by atoms with E-state index in [0.29, 0.717) is 18.2 Å². The van der Waals surface area contributed by atoms with Gasteiger partial charge >= 0.3 is 0 Å². The van der Waals surface area contributed by atoms with Gasteiger partial charge in [0.1, 0.15) is 0 Å². The Labute approximate surface area is 98.2 Å². The fourth-order valence-electron chi connectivity index (χ4n) is 2.86. The van der Waals surface area contributed by atoms with Crippen molar-refractivity contribution in [1.29, 1.82) is 5.26 Å². The number of hydrogen-bond donors (Lipinski definition) is 1. The predicted molar refractivity (Wildman–Crippen MR) is 62.9 cm³/mol. The first-order valence-electron chi connectivity index (χ1n) is 6.52. The van der Waals surface area contributed by atoms with Crippen LogP contribution in [0.3, 0.4) is 0 Å². The van der Waals surface area contributed by atoms with E-state index in [0.717, 1.165) is 19.3 Å². The molecule has 3 heteroatoms. The zero-order chi connectivity index (χ0) is 11.4. The lowest BCUT2D eigenvalue weighted by atomic mass is 9.86. The van der Waals surface area contributed by atoms with Gasteiger partial charge in [-0.3, -0.25) is 0 Å². The Bertz CT molecular complexity index is 255. The Morgan fingerprint density at radius 2 is 1.94 bits per heavy atom. The van der Waals surface area contributed by atoms with Crippen molar-refractivity contribution in [3.63, 3.8) is 0 Å². The minimum Gasteiger partial charge on any atom is -0.381 e. The van der Waals surface area contributed by atoms with Gasteiger partial charge in [0.2, 0.25) is 0 Å². The van der Waals surface area contributed by atoms with Crippen LogP contribution in [0.15, 0.2) is 0 Å². The van der Waals surface area contributed by atoms with Crippen molar-refractivity contribution in [2.45, 2.75) is 63.1 Å². The van der Waals surface area contributed by atoms with E-state index in [1.807, 2.05) is 0 Å². The molecule has 0 aliphatic heterocycles. The van der Waals surface area contributed by atoms with Crippen molar-refractivity contribution >= 4 is 0 Å². The van der Waals surface area contributed by atoms with Crippen LogP contribution in [0.5, 0.6) is 0 Å². The van der Waals surface area contributed by atoms with Gasteiger partial charge < -0.3 is 10.1 Å². The fraction of sp³-hybridized carbons (Fsp3) is 0.923. The largest absolute Gasteiger partial charge is 0.381 e. The SMILES string of the molecule is COC1CC(NC2CCCCCC2C#N)C1. The van der Waals surface area contributed by atoms with Crippen LogP contribution < -0.4 is 5.32 Å². The highest BCUT2D eigenvalue weighted by Crippen LogP contribution is 2.28. The van der Waals surface area contributed by atoms with Crippen LogP contribution in [0.1, 0.15) is 44.9 Å². The lowest BCUT2D eigenvalue weighted by molar-refractivity contribution is 0.0125. The quantitative estimate of drug-likeness (QED) is 0.745. The Balaban J connectivity index is 1.80. The molecule has 0 bridgehead atoms. The molecule has 0 spiro atoms. The van der Waals surface area contributed by atoms with Crippen LogP contribution >= 0.6 is 0 Å². The van der Waals surface area contributed by atoms with Gasteiger partial charge in [-0.25, -0.2) is 0 Å². The van der Waals surface area contributed by atoms with Crippen molar-refractivity contribution in [3.8, 4) is 6.07 Å². The Morgan fingerprint density at radius 3 is 2.62 bits per heavy atom. The molecule has 2 unspecified atom stereocenters. The van der Waals surface area contributed by atoms with Crippen molar-refractivity contribution in [2.24, 2.45) is 5.92 Å². The molecule has 0 saturated heterocycles. The molecule has 2 fully saturated rings. The Hall–Kier alpha value is -0.590. The highest BCUT2D eigenvalue weighted by atomic mass is 16.5.